The summed E-state index contributed by atoms with van der Waals surface area (Å²) in [6.45, 7) is 12.5. The third kappa shape index (κ3) is 2.63. The normalized spacial score (nSPS) is 21.3. The first-order valence-corrected chi connectivity index (χ1v) is 6.86. The van der Waals surface area contributed by atoms with Gasteiger partial charge in [-0.2, -0.15) is 0 Å². The van der Waals surface area contributed by atoms with E-state index in [9.17, 15) is 0 Å². The summed E-state index contributed by atoms with van der Waals surface area (Å²) in [4.78, 5) is 0. The maximum Gasteiger partial charge on any atom is 0.494 e. The van der Waals surface area contributed by atoms with Gasteiger partial charge < -0.3 is 9.31 Å². The fraction of sp³-hybridized carbons (Fsp3) is 0.500. The second kappa shape index (κ2) is 4.80. The van der Waals surface area contributed by atoms with Crippen LogP contribution < -0.4 is 5.46 Å². The number of benzene rings is 1. The molecule has 0 amide bonds. The van der Waals surface area contributed by atoms with Crippen molar-refractivity contribution in [1.82, 2.24) is 0 Å². The molecule has 1 saturated heterocycles. The molecule has 2 rings (SSSR count). The molecule has 0 bridgehead atoms. The van der Waals surface area contributed by atoms with Crippen LogP contribution in [0.1, 0.15) is 45.7 Å². The standard InChI is InChI=1S/C16H23BO2/c1-7-8-13-11-14(10-9-12(13)2)17-18-15(3,4)16(5,6)19-17/h7-11H,1-6H3/b8-7-. The second-order valence-corrected chi connectivity index (χ2v) is 6.20. The van der Waals surface area contributed by atoms with E-state index in [4.69, 9.17) is 9.31 Å². The van der Waals surface area contributed by atoms with Crippen LogP contribution >= 0.6 is 0 Å². The van der Waals surface area contributed by atoms with Crippen LogP contribution in [0.3, 0.4) is 0 Å². The summed E-state index contributed by atoms with van der Waals surface area (Å²) >= 11 is 0. The van der Waals surface area contributed by atoms with Crippen molar-refractivity contribution < 1.29 is 9.31 Å². The minimum Gasteiger partial charge on any atom is -0.399 e. The molecular formula is C16H23BO2. The van der Waals surface area contributed by atoms with Crippen molar-refractivity contribution in [2.24, 2.45) is 0 Å². The number of hydrogen-bond acceptors (Lipinski definition) is 2. The third-order valence-electron chi connectivity index (χ3n) is 4.17. The molecule has 102 valence electrons. The molecule has 0 atom stereocenters. The zero-order valence-corrected chi connectivity index (χ0v) is 12.8. The van der Waals surface area contributed by atoms with Gasteiger partial charge in [-0.05, 0) is 58.1 Å². The van der Waals surface area contributed by atoms with E-state index in [-0.39, 0.29) is 18.3 Å². The Morgan fingerprint density at radius 3 is 2.16 bits per heavy atom. The van der Waals surface area contributed by atoms with Crippen molar-refractivity contribution >= 4 is 18.7 Å². The molecule has 0 saturated carbocycles. The molecule has 1 aliphatic heterocycles. The van der Waals surface area contributed by atoms with Crippen LogP contribution in [0.15, 0.2) is 24.3 Å². The Balaban J connectivity index is 2.32. The van der Waals surface area contributed by atoms with Gasteiger partial charge in [-0.15, -0.1) is 0 Å². The first-order chi connectivity index (χ1) is 8.77. The van der Waals surface area contributed by atoms with Crippen molar-refractivity contribution in [2.75, 3.05) is 0 Å². The molecule has 3 heteroatoms. The minimum atomic E-state index is -0.288. The van der Waals surface area contributed by atoms with Gasteiger partial charge in [-0.25, -0.2) is 0 Å². The highest BCUT2D eigenvalue weighted by atomic mass is 16.7. The molecule has 0 aliphatic carbocycles. The summed E-state index contributed by atoms with van der Waals surface area (Å²) in [6.07, 6.45) is 4.17. The van der Waals surface area contributed by atoms with E-state index in [1.807, 2.05) is 6.92 Å². The maximum atomic E-state index is 6.08. The van der Waals surface area contributed by atoms with Crippen molar-refractivity contribution in [1.29, 1.82) is 0 Å². The molecule has 2 nitrogen and oxygen atoms in total. The first kappa shape index (κ1) is 14.4. The molecule has 0 radical (unpaired) electrons. The minimum absolute atomic E-state index is 0.283. The lowest BCUT2D eigenvalue weighted by Crippen LogP contribution is -2.41. The molecule has 0 N–H and O–H groups in total. The predicted octanol–water partition coefficient (Wildman–Crippen LogP) is 3.33. The molecule has 1 aromatic rings. The Kier molecular flexibility index (Phi) is 3.63. The summed E-state index contributed by atoms with van der Waals surface area (Å²) in [5.41, 5.74) is 2.98. The quantitative estimate of drug-likeness (QED) is 0.757. The predicted molar refractivity (Wildman–Crippen MR) is 81.6 cm³/mol. The highest BCUT2D eigenvalue weighted by molar-refractivity contribution is 6.62. The molecule has 0 unspecified atom stereocenters. The average Bonchev–Trinajstić information content (AvgIpc) is 2.51. The monoisotopic (exact) mass is 258 g/mol. The van der Waals surface area contributed by atoms with Crippen molar-refractivity contribution in [3.63, 3.8) is 0 Å². The molecule has 1 aromatic carbocycles. The first-order valence-electron chi connectivity index (χ1n) is 6.86. The summed E-state index contributed by atoms with van der Waals surface area (Å²) in [6, 6.07) is 6.36. The van der Waals surface area contributed by atoms with Crippen LogP contribution in [0.4, 0.5) is 0 Å². The Morgan fingerprint density at radius 2 is 1.63 bits per heavy atom. The molecule has 0 spiro atoms. The second-order valence-electron chi connectivity index (χ2n) is 6.20. The van der Waals surface area contributed by atoms with E-state index in [1.54, 1.807) is 0 Å². The van der Waals surface area contributed by atoms with Gasteiger partial charge >= 0.3 is 7.12 Å². The van der Waals surface area contributed by atoms with Gasteiger partial charge in [0.05, 0.1) is 11.2 Å². The lowest BCUT2D eigenvalue weighted by Gasteiger charge is -2.32. The van der Waals surface area contributed by atoms with Crippen LogP contribution in [0.25, 0.3) is 6.08 Å². The molecule has 1 aliphatic rings. The molecule has 1 heterocycles. The van der Waals surface area contributed by atoms with Crippen molar-refractivity contribution in [2.45, 2.75) is 52.7 Å². The lowest BCUT2D eigenvalue weighted by molar-refractivity contribution is 0.00578. The van der Waals surface area contributed by atoms with Crippen LogP contribution in [-0.2, 0) is 9.31 Å². The Bertz CT molecular complexity index is 487. The largest absolute Gasteiger partial charge is 0.494 e. The highest BCUT2D eigenvalue weighted by Crippen LogP contribution is 2.36. The van der Waals surface area contributed by atoms with Crippen LogP contribution in [-0.4, -0.2) is 18.3 Å². The zero-order valence-electron chi connectivity index (χ0n) is 12.8. The van der Waals surface area contributed by atoms with Gasteiger partial charge in [0.25, 0.3) is 0 Å². The van der Waals surface area contributed by atoms with E-state index >= 15 is 0 Å². The number of allylic oxidation sites excluding steroid dienone is 1. The average molecular weight is 258 g/mol. The summed E-state index contributed by atoms with van der Waals surface area (Å²) in [7, 11) is -0.283. The maximum absolute atomic E-state index is 6.08. The van der Waals surface area contributed by atoms with Gasteiger partial charge in [-0.3, -0.25) is 0 Å². The molecule has 0 aromatic heterocycles. The topological polar surface area (TPSA) is 18.5 Å². The van der Waals surface area contributed by atoms with Crippen LogP contribution in [0.5, 0.6) is 0 Å². The number of rotatable bonds is 2. The van der Waals surface area contributed by atoms with Gasteiger partial charge in [0.1, 0.15) is 0 Å². The molecule has 19 heavy (non-hydrogen) atoms. The van der Waals surface area contributed by atoms with Gasteiger partial charge in [0.15, 0.2) is 0 Å². The van der Waals surface area contributed by atoms with E-state index < -0.39 is 0 Å². The summed E-state index contributed by atoms with van der Waals surface area (Å²) < 4.78 is 12.2. The van der Waals surface area contributed by atoms with Crippen molar-refractivity contribution in [3.05, 3.63) is 35.4 Å². The summed E-state index contributed by atoms with van der Waals surface area (Å²) in [5.74, 6) is 0. The Hall–Kier alpha value is -1.06. The van der Waals surface area contributed by atoms with Crippen LogP contribution in [0.2, 0.25) is 0 Å². The fourth-order valence-electron chi connectivity index (χ4n) is 2.14. The zero-order chi connectivity index (χ0) is 14.3. The summed E-state index contributed by atoms with van der Waals surface area (Å²) in [5, 5.41) is 0. The lowest BCUT2D eigenvalue weighted by atomic mass is 9.78. The van der Waals surface area contributed by atoms with Gasteiger partial charge in [-0.1, -0.05) is 30.4 Å². The highest BCUT2D eigenvalue weighted by Gasteiger charge is 2.51. The third-order valence-corrected chi connectivity index (χ3v) is 4.17. The van der Waals surface area contributed by atoms with E-state index in [2.05, 4.69) is 65.0 Å². The SMILES string of the molecule is C/C=C\c1cc(B2OC(C)(C)C(C)(C)O2)ccc1C. The number of hydrogen-bond donors (Lipinski definition) is 0. The van der Waals surface area contributed by atoms with E-state index in [0.29, 0.717) is 0 Å². The smallest absolute Gasteiger partial charge is 0.399 e. The van der Waals surface area contributed by atoms with E-state index in [0.717, 1.165) is 5.46 Å². The van der Waals surface area contributed by atoms with Crippen molar-refractivity contribution in [3.8, 4) is 0 Å². The van der Waals surface area contributed by atoms with Crippen LogP contribution in [0, 0.1) is 6.92 Å². The van der Waals surface area contributed by atoms with E-state index in [1.165, 1.54) is 11.1 Å². The Morgan fingerprint density at radius 1 is 1.05 bits per heavy atom. The van der Waals surface area contributed by atoms with Gasteiger partial charge in [0.2, 0.25) is 0 Å². The fourth-order valence-corrected chi connectivity index (χ4v) is 2.14. The number of aryl methyl sites for hydroxylation is 1. The molecule has 1 fully saturated rings. The van der Waals surface area contributed by atoms with Gasteiger partial charge in [0, 0.05) is 0 Å². The Labute approximate surface area is 117 Å². The molecular weight excluding hydrogens is 235 g/mol.